The summed E-state index contributed by atoms with van der Waals surface area (Å²) in [6.07, 6.45) is 6.99. The molecule has 0 spiro atoms. The highest BCUT2D eigenvalue weighted by atomic mass is 16.3. The highest BCUT2D eigenvalue weighted by Gasteiger charge is 2.29. The molecule has 26 heavy (non-hydrogen) atoms. The standard InChI is InChI=1S/C20H35N5O/c1-4-21-20(22-14-16(2)24(3)17-9-10-17)23-15-18(19-8-7-13-26-19)25-11-5-6-12-25/h7-8,13,16-18H,4-6,9-12,14-15H2,1-3H3,(H2,21,22,23). The number of nitrogens with zero attached hydrogens (tertiary/aromatic N) is 3. The summed E-state index contributed by atoms with van der Waals surface area (Å²) in [6.45, 7) is 9.16. The van der Waals surface area contributed by atoms with Crippen LogP contribution in [0.2, 0.25) is 0 Å². The first-order valence-corrected chi connectivity index (χ1v) is 10.2. The Labute approximate surface area is 158 Å². The Balaban J connectivity index is 1.57. The van der Waals surface area contributed by atoms with Crippen molar-refractivity contribution in [3.8, 4) is 0 Å². The van der Waals surface area contributed by atoms with Gasteiger partial charge in [0.05, 0.1) is 18.8 Å². The van der Waals surface area contributed by atoms with Gasteiger partial charge in [-0.05, 0) is 71.8 Å². The fourth-order valence-electron chi connectivity index (χ4n) is 3.67. The molecule has 0 bridgehead atoms. The number of guanidine groups is 1. The summed E-state index contributed by atoms with van der Waals surface area (Å²) < 4.78 is 5.71. The third kappa shape index (κ3) is 5.24. The quantitative estimate of drug-likeness (QED) is 0.523. The predicted octanol–water partition coefficient (Wildman–Crippen LogP) is 2.45. The van der Waals surface area contributed by atoms with E-state index in [9.17, 15) is 0 Å². The minimum Gasteiger partial charge on any atom is -0.468 e. The first kappa shape index (κ1) is 19.2. The molecule has 1 aliphatic heterocycles. The lowest BCUT2D eigenvalue weighted by molar-refractivity contribution is 0.215. The molecule has 0 amide bonds. The number of hydrogen-bond acceptors (Lipinski definition) is 4. The molecule has 1 saturated heterocycles. The van der Waals surface area contributed by atoms with E-state index in [0.29, 0.717) is 6.04 Å². The SMILES string of the molecule is CCNC(=NCC(C)N(C)C1CC1)NCC(c1ccco1)N1CCCC1. The molecule has 2 atom stereocenters. The number of likely N-dealkylation sites (tertiary alicyclic amines) is 1. The molecule has 1 aliphatic carbocycles. The Bertz CT molecular complexity index is 549. The van der Waals surface area contributed by atoms with Crippen molar-refractivity contribution in [2.75, 3.05) is 39.8 Å². The van der Waals surface area contributed by atoms with E-state index in [2.05, 4.69) is 47.4 Å². The van der Waals surface area contributed by atoms with Crippen molar-refractivity contribution in [3.05, 3.63) is 24.2 Å². The van der Waals surface area contributed by atoms with Crippen LogP contribution in [0.1, 0.15) is 51.3 Å². The van der Waals surface area contributed by atoms with Gasteiger partial charge in [-0.1, -0.05) is 0 Å². The smallest absolute Gasteiger partial charge is 0.191 e. The lowest BCUT2D eigenvalue weighted by Crippen LogP contribution is -2.43. The van der Waals surface area contributed by atoms with Crippen LogP contribution in [-0.4, -0.2) is 67.6 Å². The molecule has 2 N–H and O–H groups in total. The van der Waals surface area contributed by atoms with Crippen LogP contribution in [0.5, 0.6) is 0 Å². The molecule has 1 aromatic heterocycles. The molecular weight excluding hydrogens is 326 g/mol. The third-order valence-electron chi connectivity index (χ3n) is 5.59. The Hall–Kier alpha value is -1.53. The van der Waals surface area contributed by atoms with Crippen molar-refractivity contribution in [1.82, 2.24) is 20.4 Å². The van der Waals surface area contributed by atoms with Crippen LogP contribution in [0.15, 0.2) is 27.8 Å². The van der Waals surface area contributed by atoms with Crippen molar-refractivity contribution in [3.63, 3.8) is 0 Å². The number of nitrogens with one attached hydrogen (secondary N) is 2. The van der Waals surface area contributed by atoms with Gasteiger partial charge in [-0.3, -0.25) is 14.8 Å². The van der Waals surface area contributed by atoms with Crippen LogP contribution < -0.4 is 10.6 Å². The van der Waals surface area contributed by atoms with Crippen LogP contribution in [0.3, 0.4) is 0 Å². The molecule has 0 aromatic carbocycles. The zero-order valence-corrected chi connectivity index (χ0v) is 16.6. The zero-order valence-electron chi connectivity index (χ0n) is 16.6. The van der Waals surface area contributed by atoms with E-state index in [4.69, 9.17) is 9.41 Å². The van der Waals surface area contributed by atoms with Gasteiger partial charge in [0.2, 0.25) is 0 Å². The molecule has 1 aromatic rings. The molecule has 2 aliphatic rings. The van der Waals surface area contributed by atoms with Gasteiger partial charge in [0.15, 0.2) is 5.96 Å². The van der Waals surface area contributed by atoms with Gasteiger partial charge in [0.25, 0.3) is 0 Å². The van der Waals surface area contributed by atoms with Crippen molar-refractivity contribution < 1.29 is 4.42 Å². The average molecular weight is 362 g/mol. The highest BCUT2D eigenvalue weighted by Crippen LogP contribution is 2.27. The molecule has 1 saturated carbocycles. The number of rotatable bonds is 9. The van der Waals surface area contributed by atoms with Gasteiger partial charge in [0.1, 0.15) is 5.76 Å². The maximum atomic E-state index is 5.71. The van der Waals surface area contributed by atoms with E-state index in [-0.39, 0.29) is 6.04 Å². The van der Waals surface area contributed by atoms with E-state index >= 15 is 0 Å². The minimum absolute atomic E-state index is 0.267. The molecule has 6 heteroatoms. The van der Waals surface area contributed by atoms with E-state index in [1.165, 1.54) is 25.7 Å². The van der Waals surface area contributed by atoms with Crippen LogP contribution in [0, 0.1) is 0 Å². The summed E-state index contributed by atoms with van der Waals surface area (Å²) in [5, 5.41) is 6.93. The highest BCUT2D eigenvalue weighted by molar-refractivity contribution is 5.79. The van der Waals surface area contributed by atoms with Crippen molar-refractivity contribution in [2.45, 2.75) is 57.7 Å². The monoisotopic (exact) mass is 361 g/mol. The fraction of sp³-hybridized carbons (Fsp3) is 0.750. The molecule has 2 heterocycles. The Morgan fingerprint density at radius 1 is 1.35 bits per heavy atom. The summed E-state index contributed by atoms with van der Waals surface area (Å²) >= 11 is 0. The molecule has 146 valence electrons. The molecule has 6 nitrogen and oxygen atoms in total. The van der Waals surface area contributed by atoms with Crippen molar-refractivity contribution >= 4 is 5.96 Å². The van der Waals surface area contributed by atoms with Crippen molar-refractivity contribution in [2.24, 2.45) is 4.99 Å². The fourth-order valence-corrected chi connectivity index (χ4v) is 3.67. The zero-order chi connectivity index (χ0) is 18.4. The summed E-state index contributed by atoms with van der Waals surface area (Å²) in [4.78, 5) is 9.80. The molecule has 3 rings (SSSR count). The second-order valence-corrected chi connectivity index (χ2v) is 7.62. The molecule has 0 radical (unpaired) electrons. The van der Waals surface area contributed by atoms with Gasteiger partial charge >= 0.3 is 0 Å². The van der Waals surface area contributed by atoms with Crippen molar-refractivity contribution in [1.29, 1.82) is 0 Å². The Morgan fingerprint density at radius 2 is 2.12 bits per heavy atom. The summed E-state index contributed by atoms with van der Waals surface area (Å²) in [5.74, 6) is 1.94. The van der Waals surface area contributed by atoms with E-state index in [1.807, 2.05) is 6.07 Å². The van der Waals surface area contributed by atoms with Crippen LogP contribution in [0.25, 0.3) is 0 Å². The van der Waals surface area contributed by atoms with Crippen LogP contribution >= 0.6 is 0 Å². The summed E-state index contributed by atoms with van der Waals surface area (Å²) in [6, 6.07) is 5.57. The van der Waals surface area contributed by atoms with E-state index < -0.39 is 0 Å². The van der Waals surface area contributed by atoms with E-state index in [0.717, 1.165) is 50.5 Å². The van der Waals surface area contributed by atoms with E-state index in [1.54, 1.807) is 6.26 Å². The number of furan rings is 1. The molecular formula is C20H35N5O. The predicted molar refractivity (Wildman–Crippen MR) is 106 cm³/mol. The van der Waals surface area contributed by atoms with Gasteiger partial charge in [-0.15, -0.1) is 0 Å². The van der Waals surface area contributed by atoms with Crippen LogP contribution in [-0.2, 0) is 0 Å². The second-order valence-electron chi connectivity index (χ2n) is 7.62. The van der Waals surface area contributed by atoms with Gasteiger partial charge in [-0.2, -0.15) is 0 Å². The maximum absolute atomic E-state index is 5.71. The summed E-state index contributed by atoms with van der Waals surface area (Å²) in [5.41, 5.74) is 0. The Kier molecular flexibility index (Phi) is 6.97. The summed E-state index contributed by atoms with van der Waals surface area (Å²) in [7, 11) is 2.22. The lowest BCUT2D eigenvalue weighted by Gasteiger charge is -2.27. The topological polar surface area (TPSA) is 56.0 Å². The number of likely N-dealkylation sites (N-methyl/N-ethyl adjacent to an activating group) is 1. The number of aliphatic imine (C=N–C) groups is 1. The third-order valence-corrected chi connectivity index (χ3v) is 5.59. The molecule has 2 unspecified atom stereocenters. The lowest BCUT2D eigenvalue weighted by atomic mass is 10.2. The van der Waals surface area contributed by atoms with Gasteiger partial charge in [0, 0.05) is 25.2 Å². The van der Waals surface area contributed by atoms with Gasteiger partial charge in [-0.25, -0.2) is 0 Å². The molecule has 2 fully saturated rings. The number of hydrogen-bond donors (Lipinski definition) is 2. The first-order valence-electron chi connectivity index (χ1n) is 10.2. The largest absolute Gasteiger partial charge is 0.468 e. The van der Waals surface area contributed by atoms with Crippen LogP contribution in [0.4, 0.5) is 0 Å². The first-order chi connectivity index (χ1) is 12.7. The Morgan fingerprint density at radius 3 is 2.73 bits per heavy atom. The normalized spacial score (nSPS) is 21.2. The average Bonchev–Trinajstić information content (AvgIpc) is 3.11. The van der Waals surface area contributed by atoms with Gasteiger partial charge < -0.3 is 15.1 Å². The maximum Gasteiger partial charge on any atom is 0.191 e. The minimum atomic E-state index is 0.267. The second kappa shape index (κ2) is 9.42.